The highest BCUT2D eigenvalue weighted by Crippen LogP contribution is 2.37. The van der Waals surface area contributed by atoms with E-state index in [4.69, 9.17) is 4.74 Å². The predicted molar refractivity (Wildman–Crippen MR) is 86.7 cm³/mol. The first-order chi connectivity index (χ1) is 9.77. The molecule has 0 aromatic carbocycles. The number of amides is 1. The first kappa shape index (κ1) is 19.0. The second-order valence-electron chi connectivity index (χ2n) is 8.35. The molecule has 0 bridgehead atoms. The molecule has 1 amide bonds. The molecule has 2 N–H and O–H groups in total. The molecule has 0 unspecified atom stereocenters. The molecule has 0 aromatic heterocycles. The van der Waals surface area contributed by atoms with Crippen LogP contribution in [-0.4, -0.2) is 59.0 Å². The molecule has 0 aromatic rings. The summed E-state index contributed by atoms with van der Waals surface area (Å²) in [5, 5.41) is 19.7. The highest BCUT2D eigenvalue weighted by atomic mass is 28.3. The lowest BCUT2D eigenvalue weighted by Crippen LogP contribution is -2.54. The Morgan fingerprint density at radius 3 is 2.27 bits per heavy atom. The molecule has 1 aliphatic heterocycles. The van der Waals surface area contributed by atoms with Gasteiger partial charge in [-0.3, -0.25) is 4.90 Å². The van der Waals surface area contributed by atoms with Crippen molar-refractivity contribution in [3.63, 3.8) is 0 Å². The van der Waals surface area contributed by atoms with E-state index in [0.717, 1.165) is 6.04 Å². The van der Waals surface area contributed by atoms with Gasteiger partial charge in [0.15, 0.2) is 0 Å². The molecule has 1 fully saturated rings. The van der Waals surface area contributed by atoms with Crippen LogP contribution in [0.25, 0.3) is 0 Å². The van der Waals surface area contributed by atoms with Crippen molar-refractivity contribution in [1.82, 2.24) is 4.90 Å². The molecular formula is C15H29NO5Si. The van der Waals surface area contributed by atoms with Crippen molar-refractivity contribution in [3.05, 3.63) is 0 Å². The zero-order valence-electron chi connectivity index (χ0n) is 14.5. The molecule has 2 atom stereocenters. The fourth-order valence-electron chi connectivity index (χ4n) is 2.64. The van der Waals surface area contributed by atoms with Gasteiger partial charge in [-0.05, 0) is 27.2 Å². The average Bonchev–Trinajstić information content (AvgIpc) is 2.62. The smallest absolute Gasteiger partial charge is 0.411 e. The van der Waals surface area contributed by atoms with Crippen molar-refractivity contribution in [2.45, 2.75) is 76.5 Å². The Balaban J connectivity index is 3.05. The molecule has 0 spiro atoms. The van der Waals surface area contributed by atoms with E-state index in [-0.39, 0.29) is 13.0 Å². The van der Waals surface area contributed by atoms with Crippen LogP contribution < -0.4 is 0 Å². The minimum absolute atomic E-state index is 0.00686. The third kappa shape index (κ3) is 4.71. The number of likely N-dealkylation sites (tertiary alicyclic amines) is 1. The van der Waals surface area contributed by atoms with Crippen LogP contribution in [0.3, 0.4) is 0 Å². The van der Waals surface area contributed by atoms with Crippen molar-refractivity contribution < 1.29 is 24.5 Å². The zero-order valence-corrected chi connectivity index (χ0v) is 15.5. The monoisotopic (exact) mass is 331 g/mol. The number of carbonyl (C=O) groups excluding carboxylic acids is 1. The fourth-order valence-corrected chi connectivity index (χ4v) is 3.81. The largest absolute Gasteiger partial charge is 0.479 e. The Labute approximate surface area is 133 Å². The lowest BCUT2D eigenvalue weighted by molar-refractivity contribution is -0.149. The molecule has 1 rings (SSSR count). The van der Waals surface area contributed by atoms with Gasteiger partial charge < -0.3 is 14.9 Å². The molecule has 0 aliphatic carbocycles. The van der Waals surface area contributed by atoms with Crippen molar-refractivity contribution >= 4 is 20.1 Å². The van der Waals surface area contributed by atoms with Gasteiger partial charge in [0.2, 0.25) is 0 Å². The van der Waals surface area contributed by atoms with Crippen LogP contribution in [0.1, 0.15) is 33.6 Å². The van der Waals surface area contributed by atoms with Gasteiger partial charge in [-0.25, -0.2) is 9.59 Å². The first-order valence-corrected chi connectivity index (χ1v) is 11.4. The number of rotatable bonds is 4. The summed E-state index contributed by atoms with van der Waals surface area (Å²) in [7, 11) is -1.47. The van der Waals surface area contributed by atoms with Gasteiger partial charge in [0, 0.05) is 14.5 Å². The van der Waals surface area contributed by atoms with E-state index in [9.17, 15) is 19.8 Å². The second kappa shape index (κ2) is 6.20. The average molecular weight is 331 g/mol. The number of nitrogens with zero attached hydrogens (tertiary/aromatic N) is 1. The van der Waals surface area contributed by atoms with E-state index in [2.05, 4.69) is 19.6 Å². The van der Waals surface area contributed by atoms with Gasteiger partial charge in [-0.2, -0.15) is 0 Å². The topological polar surface area (TPSA) is 87.1 Å². The summed E-state index contributed by atoms with van der Waals surface area (Å²) in [6.45, 7) is 11.7. The molecule has 1 aliphatic rings. The standard InChI is InChI=1S/C15H29NO5Si/c1-14(2,3)21-13(20)16-10-11(17)9-15(16,12(18)19)7-8-22(4,5)6/h11,17H,7-10H2,1-6H3,(H,18,19)/t11-,15-/m1/s1. The Morgan fingerprint density at radius 1 is 1.32 bits per heavy atom. The number of hydrogen-bond acceptors (Lipinski definition) is 4. The minimum atomic E-state index is -1.47. The Morgan fingerprint density at radius 2 is 1.86 bits per heavy atom. The van der Waals surface area contributed by atoms with Gasteiger partial charge in [-0.1, -0.05) is 25.7 Å². The molecule has 6 nitrogen and oxygen atoms in total. The molecule has 1 heterocycles. The number of aliphatic hydroxyl groups is 1. The maximum Gasteiger partial charge on any atom is 0.411 e. The maximum absolute atomic E-state index is 12.4. The number of aliphatic carboxylic acids is 1. The van der Waals surface area contributed by atoms with E-state index in [1.807, 2.05) is 0 Å². The highest BCUT2D eigenvalue weighted by molar-refractivity contribution is 6.76. The van der Waals surface area contributed by atoms with Crippen molar-refractivity contribution in [2.75, 3.05) is 6.54 Å². The molecular weight excluding hydrogens is 302 g/mol. The van der Waals surface area contributed by atoms with Crippen LogP contribution in [0.4, 0.5) is 4.79 Å². The van der Waals surface area contributed by atoms with Crippen LogP contribution in [0.5, 0.6) is 0 Å². The Hall–Kier alpha value is -1.08. The maximum atomic E-state index is 12.4. The number of aliphatic hydroxyl groups excluding tert-OH is 1. The number of β-amino-alcohol motifs (C(OH)–C–C–N with tert-alkyl or cyclic N) is 1. The van der Waals surface area contributed by atoms with E-state index < -0.39 is 37.4 Å². The summed E-state index contributed by atoms with van der Waals surface area (Å²) in [5.74, 6) is -1.06. The van der Waals surface area contributed by atoms with Gasteiger partial charge in [0.1, 0.15) is 11.1 Å². The van der Waals surface area contributed by atoms with Crippen LogP contribution >= 0.6 is 0 Å². The quantitative estimate of drug-likeness (QED) is 0.773. The highest BCUT2D eigenvalue weighted by Gasteiger charge is 2.54. The molecule has 128 valence electrons. The van der Waals surface area contributed by atoms with Crippen LogP contribution in [0, 0.1) is 0 Å². The van der Waals surface area contributed by atoms with Crippen LogP contribution in [-0.2, 0) is 9.53 Å². The summed E-state index contributed by atoms with van der Waals surface area (Å²) >= 11 is 0. The Kier molecular flexibility index (Phi) is 5.34. The van der Waals surface area contributed by atoms with E-state index in [0.29, 0.717) is 6.42 Å². The number of hydrogen-bond donors (Lipinski definition) is 2. The lowest BCUT2D eigenvalue weighted by Gasteiger charge is -2.36. The summed E-state index contributed by atoms with van der Waals surface area (Å²) in [4.78, 5) is 25.5. The molecule has 0 saturated carbocycles. The zero-order chi connectivity index (χ0) is 17.3. The SMILES string of the molecule is CC(C)(C)OC(=O)N1C[C@H](O)C[C@]1(CC[Si](C)(C)C)C(=O)O. The molecule has 7 heteroatoms. The lowest BCUT2D eigenvalue weighted by atomic mass is 9.92. The third-order valence-corrected chi connectivity index (χ3v) is 5.53. The normalized spacial score (nSPS) is 26.1. The van der Waals surface area contributed by atoms with Gasteiger partial charge >= 0.3 is 12.1 Å². The summed E-state index contributed by atoms with van der Waals surface area (Å²) < 4.78 is 5.33. The minimum Gasteiger partial charge on any atom is -0.479 e. The molecule has 0 radical (unpaired) electrons. The van der Waals surface area contributed by atoms with Gasteiger partial charge in [0.05, 0.1) is 12.6 Å². The number of ether oxygens (including phenoxy) is 1. The van der Waals surface area contributed by atoms with Crippen molar-refractivity contribution in [2.24, 2.45) is 0 Å². The first-order valence-electron chi connectivity index (χ1n) is 7.69. The summed E-state index contributed by atoms with van der Waals surface area (Å²) in [5.41, 5.74) is -2.06. The molecule has 1 saturated heterocycles. The number of carboxylic acids is 1. The molecule has 22 heavy (non-hydrogen) atoms. The van der Waals surface area contributed by atoms with Crippen LogP contribution in [0.2, 0.25) is 25.7 Å². The van der Waals surface area contributed by atoms with Crippen molar-refractivity contribution in [1.29, 1.82) is 0 Å². The van der Waals surface area contributed by atoms with E-state index in [1.165, 1.54) is 4.90 Å². The summed E-state index contributed by atoms with van der Waals surface area (Å²) in [6, 6.07) is 0.769. The van der Waals surface area contributed by atoms with Crippen LogP contribution in [0.15, 0.2) is 0 Å². The van der Waals surface area contributed by atoms with E-state index in [1.54, 1.807) is 20.8 Å². The Bertz CT molecular complexity index is 440. The van der Waals surface area contributed by atoms with Gasteiger partial charge in [0.25, 0.3) is 0 Å². The predicted octanol–water partition coefficient (Wildman–Crippen LogP) is 2.54. The summed E-state index contributed by atoms with van der Waals surface area (Å²) in [6.07, 6.45) is -1.08. The third-order valence-electron chi connectivity index (χ3n) is 3.78. The van der Waals surface area contributed by atoms with E-state index >= 15 is 0 Å². The van der Waals surface area contributed by atoms with Crippen molar-refractivity contribution in [3.8, 4) is 0 Å². The number of carbonyl (C=O) groups is 2. The fraction of sp³-hybridized carbons (Fsp3) is 0.867. The number of carboxylic acid groups (broad SMARTS) is 1. The second-order valence-corrected chi connectivity index (χ2v) is 14.0. The van der Waals surface area contributed by atoms with Gasteiger partial charge in [-0.15, -0.1) is 0 Å².